The number of nitrogens with zero attached hydrogens (tertiary/aromatic N) is 1. The van der Waals surface area contributed by atoms with Gasteiger partial charge in [-0.2, -0.15) is 0 Å². The highest BCUT2D eigenvalue weighted by molar-refractivity contribution is 7.94. The summed E-state index contributed by atoms with van der Waals surface area (Å²) < 4.78 is 36.8. The van der Waals surface area contributed by atoms with Gasteiger partial charge in [0.15, 0.2) is 6.61 Å². The van der Waals surface area contributed by atoms with Gasteiger partial charge in [-0.25, -0.2) is 13.8 Å². The molecular formula is C14H17N3O5S. The average Bonchev–Trinajstić information content (AvgIpc) is 3.31. The number of anilines is 1. The van der Waals surface area contributed by atoms with Crippen LogP contribution in [0.2, 0.25) is 0 Å². The predicted octanol–water partition coefficient (Wildman–Crippen LogP) is 0.415. The minimum Gasteiger partial charge on any atom is -0.466 e. The maximum atomic E-state index is 12.4. The van der Waals surface area contributed by atoms with Crippen LogP contribution >= 0.6 is 0 Å². The van der Waals surface area contributed by atoms with Gasteiger partial charge in [0.1, 0.15) is 4.75 Å². The van der Waals surface area contributed by atoms with E-state index in [1.54, 1.807) is 24.3 Å². The van der Waals surface area contributed by atoms with E-state index < -0.39 is 14.8 Å². The van der Waals surface area contributed by atoms with Gasteiger partial charge < -0.3 is 9.47 Å². The lowest BCUT2D eigenvalue weighted by Gasteiger charge is -2.17. The molecule has 1 fully saturated rings. The highest BCUT2D eigenvalue weighted by Crippen LogP contribution is 2.44. The molecule has 0 saturated heterocycles. The van der Waals surface area contributed by atoms with Crippen molar-refractivity contribution in [3.05, 3.63) is 29.8 Å². The third kappa shape index (κ3) is 3.15. The molecule has 23 heavy (non-hydrogen) atoms. The van der Waals surface area contributed by atoms with Crippen LogP contribution in [-0.2, 0) is 24.3 Å². The number of nitrogens with one attached hydrogen (secondary N) is 2. The average molecular weight is 339 g/mol. The smallest absolute Gasteiger partial charge is 0.278 e. The molecule has 0 spiro atoms. The van der Waals surface area contributed by atoms with Gasteiger partial charge >= 0.3 is 0 Å². The second-order valence-electron chi connectivity index (χ2n) is 5.54. The molecule has 9 heteroatoms. The van der Waals surface area contributed by atoms with Crippen LogP contribution in [0.15, 0.2) is 29.4 Å². The topological polar surface area (TPSA) is 106 Å². The first-order chi connectivity index (χ1) is 11.0. The van der Waals surface area contributed by atoms with Gasteiger partial charge in [-0.3, -0.25) is 9.52 Å². The fourth-order valence-corrected chi connectivity index (χ4v) is 3.87. The van der Waals surface area contributed by atoms with E-state index in [2.05, 4.69) is 15.2 Å². The van der Waals surface area contributed by atoms with E-state index >= 15 is 0 Å². The zero-order valence-corrected chi connectivity index (χ0v) is 13.4. The zero-order valence-electron chi connectivity index (χ0n) is 12.5. The van der Waals surface area contributed by atoms with Crippen molar-refractivity contribution in [3.63, 3.8) is 0 Å². The van der Waals surface area contributed by atoms with Gasteiger partial charge in [0.05, 0.1) is 6.61 Å². The number of sulfonamides is 1. The molecule has 0 unspecified atom stereocenters. The van der Waals surface area contributed by atoms with Gasteiger partial charge in [-0.1, -0.05) is 0 Å². The van der Waals surface area contributed by atoms with Crippen LogP contribution in [0, 0.1) is 0 Å². The van der Waals surface area contributed by atoms with E-state index in [9.17, 15) is 13.2 Å². The van der Waals surface area contributed by atoms with E-state index in [1.165, 1.54) is 7.11 Å². The van der Waals surface area contributed by atoms with Gasteiger partial charge in [-0.05, 0) is 37.1 Å². The quantitative estimate of drug-likeness (QED) is 0.781. The maximum Gasteiger partial charge on any atom is 0.278 e. The monoisotopic (exact) mass is 339 g/mol. The molecular weight excluding hydrogens is 322 g/mol. The Kier molecular flexibility index (Phi) is 3.99. The number of carbonyl (C=O) groups is 1. The van der Waals surface area contributed by atoms with Crippen molar-refractivity contribution in [2.45, 2.75) is 17.6 Å². The zero-order chi connectivity index (χ0) is 16.5. The Morgan fingerprint density at radius 3 is 2.57 bits per heavy atom. The van der Waals surface area contributed by atoms with E-state index in [-0.39, 0.29) is 25.0 Å². The highest BCUT2D eigenvalue weighted by Gasteiger charge is 2.54. The number of rotatable bonds is 6. The van der Waals surface area contributed by atoms with E-state index in [4.69, 9.17) is 9.47 Å². The van der Waals surface area contributed by atoms with Crippen molar-refractivity contribution in [3.8, 4) is 0 Å². The van der Waals surface area contributed by atoms with E-state index in [0.29, 0.717) is 24.1 Å². The maximum absolute atomic E-state index is 12.4. The fourth-order valence-electron chi connectivity index (χ4n) is 2.30. The van der Waals surface area contributed by atoms with E-state index in [0.717, 1.165) is 0 Å². The van der Waals surface area contributed by atoms with Crippen LogP contribution < -0.4 is 10.1 Å². The molecule has 1 heterocycles. The molecule has 1 aromatic rings. The summed E-state index contributed by atoms with van der Waals surface area (Å²) in [4.78, 5) is 11.0. The van der Waals surface area contributed by atoms with Gasteiger partial charge in [-0.15, -0.1) is 5.10 Å². The minimum atomic E-state index is -3.50. The lowest BCUT2D eigenvalue weighted by molar-refractivity contribution is -0.124. The Morgan fingerprint density at radius 1 is 1.35 bits per heavy atom. The molecule has 0 aromatic heterocycles. The number of benzene rings is 1. The summed E-state index contributed by atoms with van der Waals surface area (Å²) in [5, 5.41) is 3.80. The fraction of sp³-hybridized carbons (Fsp3) is 0.429. The third-order valence-corrected chi connectivity index (χ3v) is 5.96. The number of hydrazone groups is 1. The molecule has 1 aromatic carbocycles. The number of carbonyl (C=O) groups excluding carboxylic acids is 1. The Bertz CT molecular complexity index is 738. The van der Waals surface area contributed by atoms with Gasteiger partial charge in [0.2, 0.25) is 15.9 Å². The third-order valence-electron chi connectivity index (χ3n) is 3.79. The summed E-state index contributed by atoms with van der Waals surface area (Å²) in [5.74, 6) is -0.0249. The number of hydrogen-bond donors (Lipinski definition) is 2. The molecule has 3 rings (SSSR count). The van der Waals surface area contributed by atoms with Crippen LogP contribution in [0.1, 0.15) is 18.4 Å². The standard InChI is InChI=1S/C14H17N3O5S/c1-21-9-14(6-7-14)23(19,20)17-11-4-2-10(3-5-11)13-16-15-12(18)8-22-13/h2-5,17H,6-9H2,1H3,(H,15,18). The van der Waals surface area contributed by atoms with Crippen LogP contribution in [-0.4, -0.2) is 45.3 Å². The molecule has 2 aliphatic rings. The van der Waals surface area contributed by atoms with Crippen molar-refractivity contribution in [2.75, 3.05) is 25.0 Å². The van der Waals surface area contributed by atoms with Crippen molar-refractivity contribution in [1.82, 2.24) is 5.43 Å². The summed E-state index contributed by atoms with van der Waals surface area (Å²) in [7, 11) is -2.01. The van der Waals surface area contributed by atoms with Crippen molar-refractivity contribution in [2.24, 2.45) is 5.10 Å². The first-order valence-electron chi connectivity index (χ1n) is 7.07. The number of methoxy groups -OCH3 is 1. The Hall–Kier alpha value is -2.13. The number of amides is 1. The molecule has 1 saturated carbocycles. The van der Waals surface area contributed by atoms with Gasteiger partial charge in [0, 0.05) is 18.4 Å². The molecule has 0 radical (unpaired) electrons. The number of hydrogen-bond acceptors (Lipinski definition) is 6. The molecule has 0 bridgehead atoms. The first-order valence-corrected chi connectivity index (χ1v) is 8.55. The molecule has 1 amide bonds. The molecule has 0 atom stereocenters. The summed E-state index contributed by atoms with van der Waals surface area (Å²) in [6.45, 7) is 0.0948. The summed E-state index contributed by atoms with van der Waals surface area (Å²) in [5.41, 5.74) is 3.42. The SMILES string of the molecule is COCC1(S(=O)(=O)Nc2ccc(C3=NNC(=O)CO3)cc2)CC1. The number of ether oxygens (including phenoxy) is 2. The predicted molar refractivity (Wildman–Crippen MR) is 83.5 cm³/mol. The summed E-state index contributed by atoms with van der Waals surface area (Å²) >= 11 is 0. The van der Waals surface area contributed by atoms with Crippen LogP contribution in [0.3, 0.4) is 0 Å². The Labute approximate surface area is 133 Å². The Morgan fingerprint density at radius 2 is 2.04 bits per heavy atom. The highest BCUT2D eigenvalue weighted by atomic mass is 32.2. The second kappa shape index (κ2) is 5.82. The lowest BCUT2D eigenvalue weighted by atomic mass is 10.2. The molecule has 1 aliphatic carbocycles. The molecule has 124 valence electrons. The van der Waals surface area contributed by atoms with Crippen LogP contribution in [0.25, 0.3) is 0 Å². The largest absolute Gasteiger partial charge is 0.466 e. The molecule has 2 N–H and O–H groups in total. The van der Waals surface area contributed by atoms with Crippen LogP contribution in [0.4, 0.5) is 5.69 Å². The van der Waals surface area contributed by atoms with Crippen molar-refractivity contribution < 1.29 is 22.7 Å². The molecule has 1 aliphatic heterocycles. The van der Waals surface area contributed by atoms with Crippen LogP contribution in [0.5, 0.6) is 0 Å². The van der Waals surface area contributed by atoms with E-state index in [1.807, 2.05) is 0 Å². The lowest BCUT2D eigenvalue weighted by Crippen LogP contribution is -2.33. The minimum absolute atomic E-state index is 0.0905. The Balaban J connectivity index is 1.72. The molecule has 8 nitrogen and oxygen atoms in total. The summed E-state index contributed by atoms with van der Waals surface area (Å²) in [6.07, 6.45) is 1.19. The van der Waals surface area contributed by atoms with Crippen molar-refractivity contribution in [1.29, 1.82) is 0 Å². The van der Waals surface area contributed by atoms with Crippen molar-refractivity contribution >= 4 is 27.5 Å². The van der Waals surface area contributed by atoms with Gasteiger partial charge in [0.25, 0.3) is 5.91 Å². The second-order valence-corrected chi connectivity index (χ2v) is 7.62. The summed E-state index contributed by atoms with van der Waals surface area (Å²) in [6, 6.07) is 6.59. The first kappa shape index (κ1) is 15.8. The normalized spacial score (nSPS) is 19.3.